The van der Waals surface area contributed by atoms with Gasteiger partial charge < -0.3 is 20.3 Å². The Morgan fingerprint density at radius 3 is 2.45 bits per heavy atom. The second-order valence-electron chi connectivity index (χ2n) is 6.14. The minimum Gasteiger partial charge on any atom is -0.867 e. The van der Waals surface area contributed by atoms with Gasteiger partial charge >= 0.3 is 0 Å². The van der Waals surface area contributed by atoms with Crippen molar-refractivity contribution in [3.8, 4) is 5.75 Å². The number of pyridine rings is 1. The molecule has 2 N–H and O–H groups in total. The molecule has 0 saturated carbocycles. The van der Waals surface area contributed by atoms with Gasteiger partial charge in [-0.1, -0.05) is 36.0 Å². The number of rotatable bonds is 6. The molecule has 0 spiro atoms. The van der Waals surface area contributed by atoms with Crippen LogP contribution in [-0.2, 0) is 6.61 Å². The molecular weight excluding hydrogens is 408 g/mol. The molecule has 1 aromatic heterocycles. The Kier molecular flexibility index (Phi) is 6.82. The number of ether oxygens (including phenoxy) is 1. The Morgan fingerprint density at radius 1 is 1.14 bits per heavy atom. The van der Waals surface area contributed by atoms with Crippen LogP contribution in [0.1, 0.15) is 11.1 Å². The smallest absolute Gasteiger partial charge is 0.238 e. The zero-order chi connectivity index (χ0) is 20.8. The first kappa shape index (κ1) is 20.8. The predicted molar refractivity (Wildman–Crippen MR) is 116 cm³/mol. The summed E-state index contributed by atoms with van der Waals surface area (Å²) in [5.41, 5.74) is 2.08. The van der Waals surface area contributed by atoms with Crippen molar-refractivity contribution in [1.29, 1.82) is 0 Å². The number of hydrogen-bond donors (Lipinski definition) is 2. The number of benzene rings is 2. The monoisotopic (exact) mass is 426 g/mol. The molecule has 0 aliphatic carbocycles. The van der Waals surface area contributed by atoms with Crippen LogP contribution in [0, 0.1) is 0 Å². The van der Waals surface area contributed by atoms with Gasteiger partial charge in [-0.25, -0.2) is 0 Å². The van der Waals surface area contributed by atoms with Crippen molar-refractivity contribution in [2.24, 2.45) is 0 Å². The van der Waals surface area contributed by atoms with Crippen molar-refractivity contribution < 1.29 is 19.5 Å². The molecule has 7 heteroatoms. The maximum atomic E-state index is 13.3. The van der Waals surface area contributed by atoms with Gasteiger partial charge in [0.1, 0.15) is 5.75 Å². The molecule has 5 nitrogen and oxygen atoms in total. The number of aliphatic hydroxyl groups excluding tert-OH is 1. The fourth-order valence-electron chi connectivity index (χ4n) is 2.70. The third-order valence-corrected chi connectivity index (χ3v) is 4.73. The first-order valence-electron chi connectivity index (χ1n) is 8.76. The fourth-order valence-corrected chi connectivity index (χ4v) is 3.14. The second-order valence-corrected chi connectivity index (χ2v) is 6.99. The molecule has 0 aliphatic heterocycles. The summed E-state index contributed by atoms with van der Waals surface area (Å²) < 4.78 is 6.78. The van der Waals surface area contributed by atoms with Crippen molar-refractivity contribution in [3.63, 3.8) is 0 Å². The molecule has 1 heterocycles. The molecule has 148 valence electrons. The van der Waals surface area contributed by atoms with Gasteiger partial charge in [-0.05, 0) is 53.8 Å². The van der Waals surface area contributed by atoms with Gasteiger partial charge in [0.2, 0.25) is 5.70 Å². The first-order chi connectivity index (χ1) is 14.0. The maximum Gasteiger partial charge on any atom is 0.238 e. The summed E-state index contributed by atoms with van der Waals surface area (Å²) in [4.78, 5) is 0.246. The van der Waals surface area contributed by atoms with E-state index in [1.165, 1.54) is 0 Å². The number of aliphatic hydroxyl groups is 1. The van der Waals surface area contributed by atoms with Crippen molar-refractivity contribution in [1.82, 2.24) is 0 Å². The van der Waals surface area contributed by atoms with E-state index >= 15 is 0 Å². The normalized spacial score (nSPS) is 11.6. The highest BCUT2D eigenvalue weighted by Gasteiger charge is 2.19. The Labute approximate surface area is 179 Å². The molecule has 0 fully saturated rings. The standard InChI is InChI=1S/C22H19ClN2O3S/c1-28-19-10-8-18(9-11-19)24-22(29)20(25-12-2-3-15(13-25)14-26)21(27)16-4-6-17(23)7-5-16/h2-13,26H,14H2,1H3,(H-,24,27,29). The van der Waals surface area contributed by atoms with E-state index in [1.54, 1.807) is 72.6 Å². The van der Waals surface area contributed by atoms with Crippen LogP contribution in [0.5, 0.6) is 5.75 Å². The first-order valence-corrected chi connectivity index (χ1v) is 9.54. The lowest BCUT2D eigenvalue weighted by molar-refractivity contribution is -0.578. The Bertz CT molecular complexity index is 1030. The molecule has 0 atom stereocenters. The van der Waals surface area contributed by atoms with Crippen molar-refractivity contribution >= 4 is 46.0 Å². The van der Waals surface area contributed by atoms with Crippen LogP contribution in [0.4, 0.5) is 5.69 Å². The average Bonchev–Trinajstić information content (AvgIpc) is 2.75. The van der Waals surface area contributed by atoms with E-state index < -0.39 is 0 Å². The van der Waals surface area contributed by atoms with Crippen molar-refractivity contribution in [2.75, 3.05) is 12.4 Å². The van der Waals surface area contributed by atoms with Gasteiger partial charge in [-0.15, -0.1) is 0 Å². The van der Waals surface area contributed by atoms with Gasteiger partial charge in [0, 0.05) is 22.3 Å². The van der Waals surface area contributed by atoms with Crippen LogP contribution in [0.15, 0.2) is 73.1 Å². The van der Waals surface area contributed by atoms with E-state index in [1.807, 2.05) is 12.1 Å². The summed E-state index contributed by atoms with van der Waals surface area (Å²) in [6, 6.07) is 17.3. The van der Waals surface area contributed by atoms with E-state index in [2.05, 4.69) is 5.32 Å². The molecule has 29 heavy (non-hydrogen) atoms. The van der Waals surface area contributed by atoms with Crippen LogP contribution >= 0.6 is 23.8 Å². The van der Waals surface area contributed by atoms with E-state index in [0.29, 0.717) is 21.9 Å². The van der Waals surface area contributed by atoms with Gasteiger partial charge in [-0.2, -0.15) is 4.57 Å². The highest BCUT2D eigenvalue weighted by atomic mass is 35.5. The summed E-state index contributed by atoms with van der Waals surface area (Å²) >= 11 is 11.5. The molecule has 2 aromatic carbocycles. The van der Waals surface area contributed by atoms with E-state index in [4.69, 9.17) is 28.6 Å². The highest BCUT2D eigenvalue weighted by Crippen LogP contribution is 2.20. The number of anilines is 1. The van der Waals surface area contributed by atoms with Crippen LogP contribution < -0.4 is 19.7 Å². The number of nitrogens with zero attached hydrogens (tertiary/aromatic N) is 1. The molecule has 0 amide bonds. The van der Waals surface area contributed by atoms with Gasteiger partial charge in [0.15, 0.2) is 17.4 Å². The van der Waals surface area contributed by atoms with E-state index in [0.717, 1.165) is 5.69 Å². The Balaban J connectivity index is 2.04. The van der Waals surface area contributed by atoms with Gasteiger partial charge in [0.05, 0.1) is 13.7 Å². The second kappa shape index (κ2) is 9.52. The average molecular weight is 427 g/mol. The molecular formula is C22H19ClN2O3S. The summed E-state index contributed by atoms with van der Waals surface area (Å²) in [5, 5.41) is 26.4. The number of hydrogen-bond acceptors (Lipinski definition) is 4. The van der Waals surface area contributed by atoms with Crippen molar-refractivity contribution in [2.45, 2.75) is 6.61 Å². The lowest BCUT2D eigenvalue weighted by atomic mass is 10.1. The summed E-state index contributed by atoms with van der Waals surface area (Å²) in [7, 11) is 1.59. The summed E-state index contributed by atoms with van der Waals surface area (Å²) in [6.45, 7) is -0.151. The maximum absolute atomic E-state index is 13.3. The molecule has 0 unspecified atom stereocenters. The SMILES string of the molecule is COc1ccc(NC(=S)/C(=C(\[O-])c2ccc(Cl)cc2)[n+]2cccc(CO)c2)cc1. The third kappa shape index (κ3) is 5.12. The van der Waals surface area contributed by atoms with Crippen LogP contribution in [0.3, 0.4) is 0 Å². The summed E-state index contributed by atoms with van der Waals surface area (Å²) in [6.07, 6.45) is 3.38. The minimum atomic E-state index is -0.271. The molecule has 0 radical (unpaired) electrons. The number of thiocarbonyl (C=S) groups is 1. The quantitative estimate of drug-likeness (QED) is 0.274. The third-order valence-electron chi connectivity index (χ3n) is 4.19. The molecule has 3 rings (SSSR count). The minimum absolute atomic E-state index is 0.151. The molecule has 0 bridgehead atoms. The highest BCUT2D eigenvalue weighted by molar-refractivity contribution is 7.81. The fraction of sp³-hybridized carbons (Fsp3) is 0.0909. The predicted octanol–water partition coefficient (Wildman–Crippen LogP) is 3.25. The van der Waals surface area contributed by atoms with E-state index in [9.17, 15) is 10.2 Å². The molecule has 0 aliphatic rings. The number of methoxy groups -OCH3 is 1. The number of aromatic nitrogens is 1. The van der Waals surface area contributed by atoms with Crippen LogP contribution in [-0.4, -0.2) is 17.2 Å². The lowest BCUT2D eigenvalue weighted by Crippen LogP contribution is -2.40. The number of halogens is 1. The lowest BCUT2D eigenvalue weighted by Gasteiger charge is -2.17. The zero-order valence-electron chi connectivity index (χ0n) is 15.6. The van der Waals surface area contributed by atoms with E-state index in [-0.39, 0.29) is 23.1 Å². The van der Waals surface area contributed by atoms with Crippen LogP contribution in [0.2, 0.25) is 5.02 Å². The molecule has 0 saturated heterocycles. The summed E-state index contributed by atoms with van der Waals surface area (Å²) in [5.74, 6) is 0.445. The number of nitrogens with one attached hydrogen (secondary N) is 1. The molecule has 3 aromatic rings. The topological polar surface area (TPSA) is 68.4 Å². The largest absolute Gasteiger partial charge is 0.867 e. The zero-order valence-corrected chi connectivity index (χ0v) is 17.2. The van der Waals surface area contributed by atoms with Gasteiger partial charge in [0.25, 0.3) is 0 Å². The van der Waals surface area contributed by atoms with Crippen molar-refractivity contribution in [3.05, 3.63) is 89.2 Å². The van der Waals surface area contributed by atoms with Crippen LogP contribution in [0.25, 0.3) is 11.5 Å². The Hall–Kier alpha value is -2.93. The van der Waals surface area contributed by atoms with Gasteiger partial charge in [-0.3, -0.25) is 0 Å². The Morgan fingerprint density at radius 2 is 1.83 bits per heavy atom.